The Morgan fingerprint density at radius 2 is 2.12 bits per heavy atom. The fraction of sp³-hybridized carbons (Fsp3) is 0.308. The summed E-state index contributed by atoms with van der Waals surface area (Å²) >= 11 is 5.83. The zero-order chi connectivity index (χ0) is 11.5. The number of hydrogen-bond donors (Lipinski definition) is 0. The largest absolute Gasteiger partial charge is 0.330 e. The van der Waals surface area contributed by atoms with E-state index in [-0.39, 0.29) is 0 Å². The third-order valence-electron chi connectivity index (χ3n) is 2.77. The minimum atomic E-state index is 0.456. The first-order valence-corrected chi connectivity index (χ1v) is 5.86. The highest BCUT2D eigenvalue weighted by atomic mass is 35.5. The number of aromatic nitrogens is 2. The van der Waals surface area contributed by atoms with E-state index in [0.29, 0.717) is 5.88 Å². The van der Waals surface area contributed by atoms with Crippen LogP contribution in [0.25, 0.3) is 0 Å². The molecule has 0 saturated heterocycles. The second-order valence-electron chi connectivity index (χ2n) is 4.03. The Bertz CT molecular complexity index is 488. The Hall–Kier alpha value is -1.28. The third-order valence-corrected chi connectivity index (χ3v) is 3.01. The van der Waals surface area contributed by atoms with Crippen LogP contribution in [-0.4, -0.2) is 9.55 Å². The summed E-state index contributed by atoms with van der Waals surface area (Å²) in [6, 6.07) is 6.50. The van der Waals surface area contributed by atoms with Gasteiger partial charge in [0, 0.05) is 18.9 Å². The molecule has 0 fully saturated rings. The highest BCUT2D eigenvalue weighted by Crippen LogP contribution is 2.13. The second kappa shape index (κ2) is 4.71. The van der Waals surface area contributed by atoms with Crippen molar-refractivity contribution in [2.24, 2.45) is 0 Å². The summed E-state index contributed by atoms with van der Waals surface area (Å²) in [5.74, 6) is 1.38. The van der Waals surface area contributed by atoms with E-state index in [9.17, 15) is 0 Å². The van der Waals surface area contributed by atoms with Gasteiger partial charge in [-0.2, -0.15) is 0 Å². The first-order chi connectivity index (χ1) is 7.70. The molecule has 1 aromatic carbocycles. The fourth-order valence-corrected chi connectivity index (χ4v) is 1.99. The summed E-state index contributed by atoms with van der Waals surface area (Å²) in [6.45, 7) is 5.08. The van der Waals surface area contributed by atoms with E-state index in [1.54, 1.807) is 6.20 Å². The molecular weight excluding hydrogens is 220 g/mol. The second-order valence-corrected chi connectivity index (χ2v) is 4.30. The predicted molar refractivity (Wildman–Crippen MR) is 66.8 cm³/mol. The van der Waals surface area contributed by atoms with Gasteiger partial charge in [-0.1, -0.05) is 23.8 Å². The van der Waals surface area contributed by atoms with E-state index in [1.165, 1.54) is 16.7 Å². The molecule has 0 N–H and O–H groups in total. The van der Waals surface area contributed by atoms with Crippen LogP contribution < -0.4 is 0 Å². The lowest BCUT2D eigenvalue weighted by atomic mass is 10.1. The van der Waals surface area contributed by atoms with Crippen molar-refractivity contribution in [3.63, 3.8) is 0 Å². The number of hydrogen-bond acceptors (Lipinski definition) is 1. The number of aryl methyl sites for hydroxylation is 2. The van der Waals surface area contributed by atoms with Crippen LogP contribution in [0.2, 0.25) is 0 Å². The van der Waals surface area contributed by atoms with Gasteiger partial charge in [-0.05, 0) is 25.0 Å². The van der Waals surface area contributed by atoms with E-state index in [0.717, 1.165) is 12.4 Å². The molecule has 0 unspecified atom stereocenters. The molecule has 3 heteroatoms. The van der Waals surface area contributed by atoms with Crippen LogP contribution in [0.1, 0.15) is 22.5 Å². The van der Waals surface area contributed by atoms with E-state index in [1.807, 2.05) is 6.20 Å². The highest BCUT2D eigenvalue weighted by molar-refractivity contribution is 6.16. The van der Waals surface area contributed by atoms with Gasteiger partial charge in [0.1, 0.15) is 5.82 Å². The Balaban J connectivity index is 2.30. The number of halogens is 1. The Kier molecular flexibility index (Phi) is 3.30. The lowest BCUT2D eigenvalue weighted by Gasteiger charge is -2.09. The van der Waals surface area contributed by atoms with Crippen LogP contribution in [0.5, 0.6) is 0 Å². The lowest BCUT2D eigenvalue weighted by molar-refractivity contribution is 0.750. The fourth-order valence-electron chi connectivity index (χ4n) is 1.77. The van der Waals surface area contributed by atoms with Crippen molar-refractivity contribution in [1.82, 2.24) is 9.55 Å². The van der Waals surface area contributed by atoms with Crippen molar-refractivity contribution < 1.29 is 0 Å². The summed E-state index contributed by atoms with van der Waals surface area (Å²) < 4.78 is 2.09. The van der Waals surface area contributed by atoms with Gasteiger partial charge in [-0.25, -0.2) is 4.98 Å². The Morgan fingerprint density at radius 3 is 2.88 bits per heavy atom. The molecule has 0 amide bonds. The lowest BCUT2D eigenvalue weighted by Crippen LogP contribution is -2.04. The molecule has 16 heavy (non-hydrogen) atoms. The quantitative estimate of drug-likeness (QED) is 0.746. The molecule has 0 spiro atoms. The van der Waals surface area contributed by atoms with Crippen LogP contribution in [0.4, 0.5) is 0 Å². The Morgan fingerprint density at radius 1 is 1.31 bits per heavy atom. The minimum absolute atomic E-state index is 0.456. The van der Waals surface area contributed by atoms with Gasteiger partial charge >= 0.3 is 0 Å². The smallest absolute Gasteiger partial charge is 0.123 e. The molecule has 0 radical (unpaired) electrons. The molecule has 0 atom stereocenters. The van der Waals surface area contributed by atoms with E-state index < -0.39 is 0 Å². The van der Waals surface area contributed by atoms with Gasteiger partial charge in [0.25, 0.3) is 0 Å². The maximum absolute atomic E-state index is 5.83. The van der Waals surface area contributed by atoms with Crippen LogP contribution in [0, 0.1) is 13.8 Å². The molecule has 1 aromatic heterocycles. The number of imidazole rings is 1. The minimum Gasteiger partial charge on any atom is -0.330 e. The molecule has 1 heterocycles. The topological polar surface area (TPSA) is 17.8 Å². The zero-order valence-electron chi connectivity index (χ0n) is 9.57. The average molecular weight is 235 g/mol. The van der Waals surface area contributed by atoms with Crippen molar-refractivity contribution in [3.05, 3.63) is 53.1 Å². The van der Waals surface area contributed by atoms with Crippen molar-refractivity contribution >= 4 is 11.6 Å². The summed E-state index contributed by atoms with van der Waals surface area (Å²) in [4.78, 5) is 4.21. The van der Waals surface area contributed by atoms with E-state index in [4.69, 9.17) is 11.6 Å². The van der Waals surface area contributed by atoms with Gasteiger partial charge in [0.15, 0.2) is 0 Å². The first-order valence-electron chi connectivity index (χ1n) is 5.33. The molecule has 2 nitrogen and oxygen atoms in total. The monoisotopic (exact) mass is 234 g/mol. The highest BCUT2D eigenvalue weighted by Gasteiger charge is 2.04. The van der Waals surface area contributed by atoms with E-state index >= 15 is 0 Å². The van der Waals surface area contributed by atoms with Crippen LogP contribution >= 0.6 is 11.6 Å². The molecule has 0 bridgehead atoms. The van der Waals surface area contributed by atoms with Gasteiger partial charge in [-0.15, -0.1) is 11.6 Å². The van der Waals surface area contributed by atoms with Crippen molar-refractivity contribution in [2.45, 2.75) is 26.3 Å². The summed E-state index contributed by atoms with van der Waals surface area (Å²) in [5.41, 5.74) is 3.91. The molecule has 84 valence electrons. The van der Waals surface area contributed by atoms with Crippen molar-refractivity contribution in [3.8, 4) is 0 Å². The van der Waals surface area contributed by atoms with Gasteiger partial charge in [-0.3, -0.25) is 0 Å². The first kappa shape index (κ1) is 11.2. The molecule has 2 rings (SSSR count). The molecule has 0 saturated carbocycles. The maximum atomic E-state index is 5.83. The molecule has 0 aliphatic heterocycles. The SMILES string of the molecule is Cc1ccc(C)c(Cn2ccnc2CCl)c1. The summed E-state index contributed by atoms with van der Waals surface area (Å²) in [5, 5.41) is 0. The average Bonchev–Trinajstić information content (AvgIpc) is 2.71. The maximum Gasteiger partial charge on any atom is 0.123 e. The van der Waals surface area contributed by atoms with Crippen molar-refractivity contribution in [1.29, 1.82) is 0 Å². The van der Waals surface area contributed by atoms with Gasteiger partial charge < -0.3 is 4.57 Å². The number of alkyl halides is 1. The van der Waals surface area contributed by atoms with Crippen molar-refractivity contribution in [2.75, 3.05) is 0 Å². The number of benzene rings is 1. The van der Waals surface area contributed by atoms with Gasteiger partial charge in [0.05, 0.1) is 5.88 Å². The van der Waals surface area contributed by atoms with Gasteiger partial charge in [0.2, 0.25) is 0 Å². The zero-order valence-corrected chi connectivity index (χ0v) is 10.3. The Labute approximate surface area is 101 Å². The van der Waals surface area contributed by atoms with Crippen LogP contribution in [0.3, 0.4) is 0 Å². The standard InChI is InChI=1S/C13H15ClN2/c1-10-3-4-11(2)12(7-10)9-16-6-5-15-13(16)8-14/h3-7H,8-9H2,1-2H3. The molecule has 2 aromatic rings. The number of rotatable bonds is 3. The van der Waals surface area contributed by atoms with Crippen LogP contribution in [0.15, 0.2) is 30.6 Å². The summed E-state index contributed by atoms with van der Waals surface area (Å²) in [7, 11) is 0. The summed E-state index contributed by atoms with van der Waals surface area (Å²) in [6.07, 6.45) is 3.77. The predicted octanol–water partition coefficient (Wildman–Crippen LogP) is 3.29. The third kappa shape index (κ3) is 2.27. The molecule has 0 aliphatic carbocycles. The normalized spacial score (nSPS) is 10.7. The number of nitrogens with zero attached hydrogens (tertiary/aromatic N) is 2. The molecule has 0 aliphatic rings. The van der Waals surface area contributed by atoms with Crippen LogP contribution in [-0.2, 0) is 12.4 Å². The van der Waals surface area contributed by atoms with E-state index in [2.05, 4.69) is 41.6 Å². The molecular formula is C13H15ClN2.